The Morgan fingerprint density at radius 3 is 1.41 bits per heavy atom. The summed E-state index contributed by atoms with van der Waals surface area (Å²) >= 11 is 0. The van der Waals surface area contributed by atoms with Gasteiger partial charge in [-0.05, 0) is 135 Å². The fraction of sp³-hybridized carbons (Fsp3) is 0.576. The smallest absolute Gasteiger partial charge is 0.119 e. The summed E-state index contributed by atoms with van der Waals surface area (Å²) in [5.41, 5.74) is 5.75. The molecule has 2 N–H and O–H groups in total. The Balaban J connectivity index is 1.36. The molecule has 4 fully saturated rings. The third kappa shape index (κ3) is 6.59. The quantitative estimate of drug-likeness (QED) is 0.271. The standard InChI is InChI=1S/C33H44O4/c34-15-3-1-5-17-36-30-11-7-26(8-12-30)32(33-28-20-24-19-25(22-28)23-29(33)21-24)27-9-13-31(14-10-27)37-18-6-2-4-16-35/h7-14,24-25,28-29,34-35H,1-6,15-23H2. The van der Waals surface area contributed by atoms with E-state index < -0.39 is 0 Å². The zero-order chi connectivity index (χ0) is 25.5. The average molecular weight is 505 g/mol. The van der Waals surface area contributed by atoms with Gasteiger partial charge in [0, 0.05) is 13.2 Å². The topological polar surface area (TPSA) is 58.9 Å². The molecule has 4 nitrogen and oxygen atoms in total. The number of unbranched alkanes of at least 4 members (excludes halogenated alkanes) is 4. The van der Waals surface area contributed by atoms with Gasteiger partial charge in [0.15, 0.2) is 0 Å². The lowest BCUT2D eigenvalue weighted by Gasteiger charge is -2.52. The molecule has 4 aliphatic carbocycles. The van der Waals surface area contributed by atoms with Crippen LogP contribution < -0.4 is 9.47 Å². The van der Waals surface area contributed by atoms with Crippen LogP contribution in [0.2, 0.25) is 0 Å². The maximum Gasteiger partial charge on any atom is 0.119 e. The molecule has 0 spiro atoms. The minimum absolute atomic E-state index is 0.257. The van der Waals surface area contributed by atoms with Gasteiger partial charge in [-0.1, -0.05) is 29.8 Å². The zero-order valence-corrected chi connectivity index (χ0v) is 22.2. The molecule has 0 heterocycles. The molecule has 4 saturated carbocycles. The van der Waals surface area contributed by atoms with Crippen LogP contribution in [0.4, 0.5) is 0 Å². The van der Waals surface area contributed by atoms with Gasteiger partial charge in [-0.3, -0.25) is 0 Å². The highest BCUT2D eigenvalue weighted by atomic mass is 16.5. The summed E-state index contributed by atoms with van der Waals surface area (Å²) in [7, 11) is 0. The first-order valence-corrected chi connectivity index (χ1v) is 14.7. The molecular weight excluding hydrogens is 460 g/mol. The van der Waals surface area contributed by atoms with Crippen LogP contribution >= 0.6 is 0 Å². The Morgan fingerprint density at radius 2 is 1.00 bits per heavy atom. The van der Waals surface area contributed by atoms with Crippen molar-refractivity contribution in [3.05, 3.63) is 65.2 Å². The maximum absolute atomic E-state index is 8.96. The number of ether oxygens (including phenoxy) is 2. The Kier molecular flexibility index (Phi) is 9.23. The third-order valence-corrected chi connectivity index (χ3v) is 8.73. The predicted molar refractivity (Wildman–Crippen MR) is 149 cm³/mol. The van der Waals surface area contributed by atoms with E-state index in [4.69, 9.17) is 19.7 Å². The van der Waals surface area contributed by atoms with Crippen molar-refractivity contribution >= 4 is 5.57 Å². The van der Waals surface area contributed by atoms with Crippen LogP contribution in [0.5, 0.6) is 11.5 Å². The van der Waals surface area contributed by atoms with E-state index >= 15 is 0 Å². The number of hydrogen-bond donors (Lipinski definition) is 2. The first-order valence-electron chi connectivity index (χ1n) is 14.7. The molecule has 4 bridgehead atoms. The highest BCUT2D eigenvalue weighted by molar-refractivity contribution is 5.83. The van der Waals surface area contributed by atoms with Gasteiger partial charge in [0.1, 0.15) is 11.5 Å². The molecular formula is C33H44O4. The van der Waals surface area contributed by atoms with Crippen LogP contribution in [0.1, 0.15) is 81.8 Å². The van der Waals surface area contributed by atoms with E-state index in [2.05, 4.69) is 48.5 Å². The molecule has 4 aliphatic rings. The van der Waals surface area contributed by atoms with Gasteiger partial charge in [0.25, 0.3) is 0 Å². The third-order valence-electron chi connectivity index (χ3n) is 8.73. The average Bonchev–Trinajstić information content (AvgIpc) is 2.91. The molecule has 0 aliphatic heterocycles. The number of allylic oxidation sites excluding steroid dienone is 1. The summed E-state index contributed by atoms with van der Waals surface area (Å²) in [6.45, 7) is 1.91. The van der Waals surface area contributed by atoms with Gasteiger partial charge in [-0.25, -0.2) is 0 Å². The molecule has 200 valence electrons. The van der Waals surface area contributed by atoms with Crippen LogP contribution in [-0.2, 0) is 0 Å². The Bertz CT molecular complexity index is 918. The predicted octanol–water partition coefficient (Wildman–Crippen LogP) is 7.03. The summed E-state index contributed by atoms with van der Waals surface area (Å²) in [6.07, 6.45) is 12.6. The SMILES string of the molecule is OCCCCCOc1ccc(C(=C2C3CC4CC(C3)CC2C4)c2ccc(OCCCCCO)cc2)cc1. The fourth-order valence-electron chi connectivity index (χ4n) is 7.20. The largest absolute Gasteiger partial charge is 0.494 e. The van der Waals surface area contributed by atoms with Gasteiger partial charge < -0.3 is 19.7 Å². The summed E-state index contributed by atoms with van der Waals surface area (Å²) in [6, 6.07) is 17.5. The van der Waals surface area contributed by atoms with E-state index in [-0.39, 0.29) is 13.2 Å². The van der Waals surface area contributed by atoms with Crippen LogP contribution in [-0.4, -0.2) is 36.6 Å². The van der Waals surface area contributed by atoms with Crippen molar-refractivity contribution < 1.29 is 19.7 Å². The molecule has 0 amide bonds. The number of rotatable bonds is 14. The van der Waals surface area contributed by atoms with E-state index in [0.29, 0.717) is 13.2 Å². The zero-order valence-electron chi connectivity index (χ0n) is 22.2. The van der Waals surface area contributed by atoms with Crippen molar-refractivity contribution in [2.75, 3.05) is 26.4 Å². The Labute approximate surface area is 222 Å². The summed E-state index contributed by atoms with van der Waals surface area (Å²) in [5.74, 6) is 5.19. The van der Waals surface area contributed by atoms with Crippen LogP contribution in [0.15, 0.2) is 54.1 Å². The number of aliphatic hydroxyl groups is 2. The van der Waals surface area contributed by atoms with Crippen molar-refractivity contribution in [3.63, 3.8) is 0 Å². The molecule has 6 rings (SSSR count). The fourth-order valence-corrected chi connectivity index (χ4v) is 7.20. The van der Waals surface area contributed by atoms with Gasteiger partial charge in [0.05, 0.1) is 13.2 Å². The molecule has 0 atom stereocenters. The molecule has 37 heavy (non-hydrogen) atoms. The van der Waals surface area contributed by atoms with Crippen molar-refractivity contribution in [1.29, 1.82) is 0 Å². The van der Waals surface area contributed by atoms with Gasteiger partial charge in [-0.15, -0.1) is 0 Å². The van der Waals surface area contributed by atoms with E-state index in [1.54, 1.807) is 5.57 Å². The normalized spacial score (nSPS) is 23.9. The highest BCUT2D eigenvalue weighted by Gasteiger charge is 2.46. The molecule has 0 radical (unpaired) electrons. The van der Waals surface area contributed by atoms with Gasteiger partial charge >= 0.3 is 0 Å². The van der Waals surface area contributed by atoms with E-state index in [9.17, 15) is 0 Å². The van der Waals surface area contributed by atoms with Gasteiger partial charge in [-0.2, -0.15) is 0 Å². The molecule has 2 aromatic carbocycles. The molecule has 2 aromatic rings. The lowest BCUT2D eigenvalue weighted by molar-refractivity contribution is 0.0705. The summed E-state index contributed by atoms with van der Waals surface area (Å²) in [5, 5.41) is 17.9. The second-order valence-electron chi connectivity index (χ2n) is 11.4. The number of benzene rings is 2. The van der Waals surface area contributed by atoms with Crippen molar-refractivity contribution in [2.45, 2.75) is 70.6 Å². The monoisotopic (exact) mass is 504 g/mol. The molecule has 0 unspecified atom stereocenters. The van der Waals surface area contributed by atoms with Crippen molar-refractivity contribution in [1.82, 2.24) is 0 Å². The summed E-state index contributed by atoms with van der Waals surface area (Å²) < 4.78 is 12.0. The van der Waals surface area contributed by atoms with Crippen LogP contribution in [0.25, 0.3) is 5.57 Å². The van der Waals surface area contributed by atoms with E-state index in [1.165, 1.54) is 48.8 Å². The highest BCUT2D eigenvalue weighted by Crippen LogP contribution is 2.58. The van der Waals surface area contributed by atoms with Gasteiger partial charge in [0.2, 0.25) is 0 Å². The molecule has 4 heteroatoms. The minimum Gasteiger partial charge on any atom is -0.494 e. The summed E-state index contributed by atoms with van der Waals surface area (Å²) in [4.78, 5) is 0. The first kappa shape index (κ1) is 26.3. The van der Waals surface area contributed by atoms with Crippen molar-refractivity contribution in [2.24, 2.45) is 23.7 Å². The lowest BCUT2D eigenvalue weighted by Crippen LogP contribution is -2.40. The second kappa shape index (κ2) is 13.0. The second-order valence-corrected chi connectivity index (χ2v) is 11.4. The first-order chi connectivity index (χ1) is 18.2. The van der Waals surface area contributed by atoms with Crippen molar-refractivity contribution in [3.8, 4) is 11.5 Å². The minimum atomic E-state index is 0.257. The molecule has 0 saturated heterocycles. The maximum atomic E-state index is 8.96. The Hall–Kier alpha value is -2.30. The van der Waals surface area contributed by atoms with E-state index in [1.807, 2.05) is 0 Å². The number of hydrogen-bond acceptors (Lipinski definition) is 4. The van der Waals surface area contributed by atoms with Crippen LogP contribution in [0, 0.1) is 23.7 Å². The van der Waals surface area contributed by atoms with E-state index in [0.717, 1.165) is 73.7 Å². The lowest BCUT2D eigenvalue weighted by atomic mass is 9.53. The van der Waals surface area contributed by atoms with Crippen LogP contribution in [0.3, 0.4) is 0 Å². The molecule has 0 aromatic heterocycles. The Morgan fingerprint density at radius 1 is 0.568 bits per heavy atom. The number of aliphatic hydroxyl groups excluding tert-OH is 2.